The molecule has 108 valence electrons. The molecule has 0 atom stereocenters. The van der Waals surface area contributed by atoms with Gasteiger partial charge in [0.2, 0.25) is 0 Å². The van der Waals surface area contributed by atoms with Crippen LogP contribution in [0.15, 0.2) is 23.8 Å². The van der Waals surface area contributed by atoms with Crippen LogP contribution >= 0.6 is 23.2 Å². The number of methoxy groups -OCH3 is 1. The van der Waals surface area contributed by atoms with E-state index in [1.165, 1.54) is 7.11 Å². The number of esters is 1. The SMILES string of the molecule is COC(=O)/C(=C\c1cccc(Cl)c1Cl)C1(C)OCCO1. The maximum atomic E-state index is 12.0. The van der Waals surface area contributed by atoms with Crippen molar-refractivity contribution in [3.05, 3.63) is 39.4 Å². The number of ether oxygens (including phenoxy) is 3. The van der Waals surface area contributed by atoms with Gasteiger partial charge >= 0.3 is 5.97 Å². The van der Waals surface area contributed by atoms with Crippen LogP contribution < -0.4 is 0 Å². The summed E-state index contributed by atoms with van der Waals surface area (Å²) in [7, 11) is 1.30. The molecule has 1 aromatic rings. The normalized spacial score (nSPS) is 18.1. The zero-order valence-corrected chi connectivity index (χ0v) is 12.6. The summed E-state index contributed by atoms with van der Waals surface area (Å²) in [5, 5.41) is 0.764. The fourth-order valence-corrected chi connectivity index (χ4v) is 2.31. The van der Waals surface area contributed by atoms with Gasteiger partial charge in [-0.15, -0.1) is 0 Å². The average molecular weight is 317 g/mol. The first kappa shape index (κ1) is 15.3. The highest BCUT2D eigenvalue weighted by atomic mass is 35.5. The van der Waals surface area contributed by atoms with Crippen LogP contribution in [0.1, 0.15) is 12.5 Å². The zero-order valence-electron chi connectivity index (χ0n) is 11.1. The minimum absolute atomic E-state index is 0.238. The largest absolute Gasteiger partial charge is 0.466 e. The number of carbonyl (C=O) groups is 1. The summed E-state index contributed by atoms with van der Waals surface area (Å²) >= 11 is 12.1. The number of hydrogen-bond acceptors (Lipinski definition) is 4. The maximum Gasteiger partial charge on any atom is 0.339 e. The molecule has 1 saturated heterocycles. The summed E-state index contributed by atoms with van der Waals surface area (Å²) < 4.78 is 15.8. The molecule has 0 spiro atoms. The van der Waals surface area contributed by atoms with Gasteiger partial charge in [-0.2, -0.15) is 0 Å². The van der Waals surface area contributed by atoms with E-state index in [0.29, 0.717) is 28.8 Å². The van der Waals surface area contributed by atoms with Crippen molar-refractivity contribution in [1.82, 2.24) is 0 Å². The second-order valence-corrected chi connectivity index (χ2v) is 5.12. The standard InChI is InChI=1S/C14H14Cl2O4/c1-14(19-6-7-20-14)10(13(17)18-2)8-9-4-3-5-11(15)12(9)16/h3-5,8H,6-7H2,1-2H3/b10-8+. The lowest BCUT2D eigenvalue weighted by Crippen LogP contribution is -2.33. The van der Waals surface area contributed by atoms with Crippen LogP contribution in [-0.2, 0) is 19.0 Å². The molecule has 0 aliphatic carbocycles. The van der Waals surface area contributed by atoms with Crippen LogP contribution in [0, 0.1) is 0 Å². The Kier molecular flexibility index (Phi) is 4.70. The highest BCUT2D eigenvalue weighted by Gasteiger charge is 2.40. The monoisotopic (exact) mass is 316 g/mol. The zero-order chi connectivity index (χ0) is 14.8. The summed E-state index contributed by atoms with van der Waals surface area (Å²) in [4.78, 5) is 12.0. The molecule has 0 aromatic heterocycles. The molecule has 0 saturated carbocycles. The first-order valence-electron chi connectivity index (χ1n) is 6.00. The third kappa shape index (κ3) is 2.99. The van der Waals surface area contributed by atoms with Crippen molar-refractivity contribution in [3.63, 3.8) is 0 Å². The van der Waals surface area contributed by atoms with E-state index in [-0.39, 0.29) is 5.57 Å². The molecule has 2 rings (SSSR count). The van der Waals surface area contributed by atoms with Crippen LogP contribution in [-0.4, -0.2) is 32.1 Å². The van der Waals surface area contributed by atoms with Crippen LogP contribution in [0.5, 0.6) is 0 Å². The second kappa shape index (κ2) is 6.14. The number of halogens is 2. The summed E-state index contributed by atoms with van der Waals surface area (Å²) in [5.41, 5.74) is 0.835. The molecule has 0 unspecified atom stereocenters. The minimum Gasteiger partial charge on any atom is -0.466 e. The fraction of sp³-hybridized carbons (Fsp3) is 0.357. The van der Waals surface area contributed by atoms with Crippen molar-refractivity contribution in [3.8, 4) is 0 Å². The molecule has 0 radical (unpaired) electrons. The quantitative estimate of drug-likeness (QED) is 0.634. The molecule has 0 N–H and O–H groups in total. The van der Waals surface area contributed by atoms with Gasteiger partial charge in [-0.3, -0.25) is 0 Å². The third-order valence-corrected chi connectivity index (χ3v) is 3.85. The van der Waals surface area contributed by atoms with Crippen molar-refractivity contribution >= 4 is 35.2 Å². The highest BCUT2D eigenvalue weighted by molar-refractivity contribution is 6.42. The van der Waals surface area contributed by atoms with Gasteiger partial charge in [0.15, 0.2) is 5.79 Å². The molecule has 6 heteroatoms. The first-order chi connectivity index (χ1) is 9.48. The molecule has 1 aliphatic rings. The number of benzene rings is 1. The van der Waals surface area contributed by atoms with E-state index in [4.69, 9.17) is 37.4 Å². The van der Waals surface area contributed by atoms with Gasteiger partial charge in [-0.25, -0.2) is 4.79 Å². The van der Waals surface area contributed by atoms with Crippen LogP contribution in [0.4, 0.5) is 0 Å². The Morgan fingerprint density at radius 3 is 2.60 bits per heavy atom. The van der Waals surface area contributed by atoms with Crippen molar-refractivity contribution in [1.29, 1.82) is 0 Å². The minimum atomic E-state index is -1.14. The molecule has 1 heterocycles. The van der Waals surface area contributed by atoms with E-state index in [0.717, 1.165) is 0 Å². The molecule has 1 fully saturated rings. The van der Waals surface area contributed by atoms with Crippen molar-refractivity contribution in [2.24, 2.45) is 0 Å². The predicted octanol–water partition coefficient (Wildman–Crippen LogP) is 3.31. The van der Waals surface area contributed by atoms with Gasteiger partial charge in [-0.1, -0.05) is 35.3 Å². The smallest absolute Gasteiger partial charge is 0.339 e. The molecule has 4 nitrogen and oxygen atoms in total. The fourth-order valence-electron chi connectivity index (χ4n) is 1.94. The van der Waals surface area contributed by atoms with Gasteiger partial charge < -0.3 is 14.2 Å². The number of rotatable bonds is 3. The van der Waals surface area contributed by atoms with E-state index in [9.17, 15) is 4.79 Å². The Bertz CT molecular complexity index is 548. The molecule has 20 heavy (non-hydrogen) atoms. The van der Waals surface area contributed by atoms with E-state index in [2.05, 4.69) is 0 Å². The van der Waals surface area contributed by atoms with Crippen LogP contribution in [0.3, 0.4) is 0 Å². The summed E-state index contributed by atoms with van der Waals surface area (Å²) in [6, 6.07) is 5.16. The van der Waals surface area contributed by atoms with E-state index in [1.54, 1.807) is 31.2 Å². The lowest BCUT2D eigenvalue weighted by molar-refractivity contribution is -0.150. The highest BCUT2D eigenvalue weighted by Crippen LogP contribution is 2.33. The molecule has 0 amide bonds. The Morgan fingerprint density at radius 2 is 2.00 bits per heavy atom. The Morgan fingerprint density at radius 1 is 1.35 bits per heavy atom. The average Bonchev–Trinajstić information content (AvgIpc) is 2.87. The van der Waals surface area contributed by atoms with E-state index >= 15 is 0 Å². The van der Waals surface area contributed by atoms with Gasteiger partial charge in [0.25, 0.3) is 0 Å². The summed E-state index contributed by atoms with van der Waals surface area (Å²) in [5.74, 6) is -1.68. The van der Waals surface area contributed by atoms with Crippen molar-refractivity contribution in [2.75, 3.05) is 20.3 Å². The van der Waals surface area contributed by atoms with Gasteiger partial charge in [0, 0.05) is 0 Å². The van der Waals surface area contributed by atoms with Crippen LogP contribution in [0.2, 0.25) is 10.0 Å². The lowest BCUT2D eigenvalue weighted by Gasteiger charge is -2.24. The van der Waals surface area contributed by atoms with Crippen molar-refractivity contribution in [2.45, 2.75) is 12.7 Å². The van der Waals surface area contributed by atoms with Gasteiger partial charge in [-0.05, 0) is 24.6 Å². The van der Waals surface area contributed by atoms with Crippen molar-refractivity contribution < 1.29 is 19.0 Å². The predicted molar refractivity (Wildman–Crippen MR) is 76.8 cm³/mol. The molecule has 0 bridgehead atoms. The molecule has 1 aromatic carbocycles. The Balaban J connectivity index is 2.48. The van der Waals surface area contributed by atoms with Crippen LogP contribution in [0.25, 0.3) is 6.08 Å². The molecule has 1 aliphatic heterocycles. The van der Waals surface area contributed by atoms with Gasteiger partial charge in [0.1, 0.15) is 0 Å². The first-order valence-corrected chi connectivity index (χ1v) is 6.76. The van der Waals surface area contributed by atoms with E-state index in [1.807, 2.05) is 0 Å². The lowest BCUT2D eigenvalue weighted by atomic mass is 10.0. The maximum absolute atomic E-state index is 12.0. The third-order valence-electron chi connectivity index (χ3n) is 3.01. The molecular weight excluding hydrogens is 303 g/mol. The number of hydrogen-bond donors (Lipinski definition) is 0. The number of carbonyl (C=O) groups excluding carboxylic acids is 1. The summed E-state index contributed by atoms with van der Waals surface area (Å²) in [6.07, 6.45) is 1.57. The van der Waals surface area contributed by atoms with Gasteiger partial charge in [0.05, 0.1) is 35.9 Å². The van der Waals surface area contributed by atoms with E-state index < -0.39 is 11.8 Å². The summed E-state index contributed by atoms with van der Waals surface area (Å²) in [6.45, 7) is 2.49. The second-order valence-electron chi connectivity index (χ2n) is 4.34. The Hall–Kier alpha value is -1.07. The topological polar surface area (TPSA) is 44.8 Å². The Labute approximate surface area is 127 Å². The molecular formula is C14H14Cl2O4.